The smallest absolute Gasteiger partial charge is 0.315 e. The third-order valence-electron chi connectivity index (χ3n) is 3.29. The van der Waals surface area contributed by atoms with Crippen LogP contribution < -0.4 is 10.6 Å². The van der Waals surface area contributed by atoms with Gasteiger partial charge in [0.25, 0.3) is 0 Å². The molecule has 2 N–H and O–H groups in total. The third kappa shape index (κ3) is 3.22. The van der Waals surface area contributed by atoms with E-state index in [4.69, 9.17) is 4.42 Å². The van der Waals surface area contributed by atoms with Crippen LogP contribution in [-0.4, -0.2) is 27.3 Å². The predicted octanol–water partition coefficient (Wildman–Crippen LogP) is 2.35. The van der Waals surface area contributed by atoms with Gasteiger partial charge in [-0.25, -0.2) is 0 Å². The molecule has 0 aromatic carbocycles. The molecule has 102 valence electrons. The molecule has 5 heteroatoms. The number of piperidine rings is 1. The van der Waals surface area contributed by atoms with Crippen LogP contribution in [0.5, 0.6) is 0 Å². The number of hydrogen-bond donors (Lipinski definition) is 2. The van der Waals surface area contributed by atoms with Gasteiger partial charge in [-0.2, -0.15) is 0 Å². The second kappa shape index (κ2) is 4.53. The Morgan fingerprint density at radius 3 is 2.33 bits per heavy atom. The summed E-state index contributed by atoms with van der Waals surface area (Å²) in [5, 5.41) is 15.0. The van der Waals surface area contributed by atoms with Crippen molar-refractivity contribution in [3.05, 3.63) is 5.89 Å². The first-order valence-corrected chi connectivity index (χ1v) is 6.68. The zero-order valence-corrected chi connectivity index (χ0v) is 12.0. The summed E-state index contributed by atoms with van der Waals surface area (Å²) < 4.78 is 5.52. The normalized spacial score (nSPS) is 22.9. The maximum absolute atomic E-state index is 5.52. The summed E-state index contributed by atoms with van der Waals surface area (Å²) in [6, 6.07) is 0.909. The maximum Gasteiger partial charge on any atom is 0.315 e. The lowest BCUT2D eigenvalue weighted by Gasteiger charge is -2.46. The van der Waals surface area contributed by atoms with E-state index in [9.17, 15) is 0 Å². The molecule has 0 radical (unpaired) electrons. The lowest BCUT2D eigenvalue weighted by Crippen LogP contribution is -2.60. The van der Waals surface area contributed by atoms with Crippen molar-refractivity contribution in [3.8, 4) is 0 Å². The molecule has 1 aliphatic heterocycles. The molecule has 1 fully saturated rings. The molecule has 0 saturated carbocycles. The fourth-order valence-corrected chi connectivity index (χ4v) is 3.05. The molecule has 1 aromatic heterocycles. The molecule has 5 nitrogen and oxygen atoms in total. The molecule has 1 aliphatic rings. The minimum Gasteiger partial charge on any atom is -0.408 e. The van der Waals surface area contributed by atoms with Crippen molar-refractivity contribution >= 4 is 6.01 Å². The van der Waals surface area contributed by atoms with Crippen LogP contribution in [0.1, 0.15) is 53.4 Å². The molecular weight excluding hydrogens is 228 g/mol. The van der Waals surface area contributed by atoms with Gasteiger partial charge in [0.05, 0.1) is 0 Å². The number of aromatic nitrogens is 2. The van der Waals surface area contributed by atoms with Crippen LogP contribution in [0.4, 0.5) is 6.01 Å². The molecular formula is C13H24N4O. The van der Waals surface area contributed by atoms with Gasteiger partial charge in [0.15, 0.2) is 0 Å². The number of nitrogens with zero attached hydrogens (tertiary/aromatic N) is 2. The highest BCUT2D eigenvalue weighted by Gasteiger charge is 2.38. The number of anilines is 1. The topological polar surface area (TPSA) is 63.0 Å². The quantitative estimate of drug-likeness (QED) is 0.864. The second-order valence-electron chi connectivity index (χ2n) is 6.50. The summed E-state index contributed by atoms with van der Waals surface area (Å²) in [5.74, 6) is 0.685. The maximum atomic E-state index is 5.52. The number of hydrogen-bond acceptors (Lipinski definition) is 5. The molecule has 0 unspecified atom stereocenters. The molecule has 18 heavy (non-hydrogen) atoms. The molecule has 1 saturated heterocycles. The van der Waals surface area contributed by atoms with Gasteiger partial charge in [0.1, 0.15) is 0 Å². The zero-order valence-electron chi connectivity index (χ0n) is 12.0. The van der Waals surface area contributed by atoms with E-state index in [2.05, 4.69) is 48.5 Å². The Morgan fingerprint density at radius 2 is 1.83 bits per heavy atom. The van der Waals surface area contributed by atoms with E-state index in [0.717, 1.165) is 19.3 Å². The van der Waals surface area contributed by atoms with Crippen molar-refractivity contribution in [3.63, 3.8) is 0 Å². The van der Waals surface area contributed by atoms with Crippen LogP contribution in [0.3, 0.4) is 0 Å². The fourth-order valence-electron chi connectivity index (χ4n) is 3.05. The summed E-state index contributed by atoms with van der Waals surface area (Å²) in [5.41, 5.74) is 0.236. The van der Waals surface area contributed by atoms with E-state index in [1.807, 2.05) is 6.92 Å². The summed E-state index contributed by atoms with van der Waals surface area (Å²) in [6.45, 7) is 10.9. The van der Waals surface area contributed by atoms with E-state index in [1.165, 1.54) is 0 Å². The van der Waals surface area contributed by atoms with E-state index in [0.29, 0.717) is 17.9 Å². The van der Waals surface area contributed by atoms with Gasteiger partial charge in [0.2, 0.25) is 5.89 Å². The Bertz CT molecular complexity index is 395. The van der Waals surface area contributed by atoms with E-state index in [1.54, 1.807) is 0 Å². The molecule has 0 bridgehead atoms. The summed E-state index contributed by atoms with van der Waals surface area (Å²) in [7, 11) is 0. The van der Waals surface area contributed by atoms with Crippen LogP contribution in [0.2, 0.25) is 0 Å². The lowest BCUT2D eigenvalue weighted by atomic mass is 9.80. The molecule has 2 heterocycles. The largest absolute Gasteiger partial charge is 0.408 e. The van der Waals surface area contributed by atoms with E-state index < -0.39 is 0 Å². The van der Waals surface area contributed by atoms with Crippen molar-refractivity contribution in [1.29, 1.82) is 0 Å². The lowest BCUT2D eigenvalue weighted by molar-refractivity contribution is 0.169. The van der Waals surface area contributed by atoms with Crippen LogP contribution in [-0.2, 0) is 6.42 Å². The Hall–Kier alpha value is -1.10. The summed E-state index contributed by atoms with van der Waals surface area (Å²) >= 11 is 0. The second-order valence-corrected chi connectivity index (χ2v) is 6.50. The molecule has 0 aliphatic carbocycles. The van der Waals surface area contributed by atoms with E-state index >= 15 is 0 Å². The van der Waals surface area contributed by atoms with Gasteiger partial charge in [-0.1, -0.05) is 12.0 Å². The minimum absolute atomic E-state index is 0.118. The average molecular weight is 252 g/mol. The highest BCUT2D eigenvalue weighted by Crippen LogP contribution is 2.30. The summed E-state index contributed by atoms with van der Waals surface area (Å²) in [4.78, 5) is 0. The summed E-state index contributed by atoms with van der Waals surface area (Å²) in [6.07, 6.45) is 2.86. The Labute approximate surface area is 109 Å². The Balaban J connectivity index is 2.04. The average Bonchev–Trinajstić information content (AvgIpc) is 2.60. The van der Waals surface area contributed by atoms with Gasteiger partial charge in [-0.15, -0.1) is 5.10 Å². The first-order valence-electron chi connectivity index (χ1n) is 6.68. The standard InChI is InChI=1S/C13H24N4O/c1-6-10-15-16-11(18-10)14-9-7-12(2,3)17-13(4,5)8-9/h9,17H,6-8H2,1-5H3,(H,14,16). The SMILES string of the molecule is CCc1nnc(NC2CC(C)(C)NC(C)(C)C2)o1. The fraction of sp³-hybridized carbons (Fsp3) is 0.846. The van der Waals surface area contributed by atoms with Crippen LogP contribution in [0.15, 0.2) is 4.42 Å². The van der Waals surface area contributed by atoms with Gasteiger partial charge >= 0.3 is 6.01 Å². The van der Waals surface area contributed by atoms with Crippen molar-refractivity contribution in [1.82, 2.24) is 15.5 Å². The van der Waals surface area contributed by atoms with Crippen molar-refractivity contribution in [2.75, 3.05) is 5.32 Å². The van der Waals surface area contributed by atoms with E-state index in [-0.39, 0.29) is 11.1 Å². The van der Waals surface area contributed by atoms with Crippen LogP contribution >= 0.6 is 0 Å². The Morgan fingerprint density at radius 1 is 1.22 bits per heavy atom. The first kappa shape index (κ1) is 13.3. The van der Waals surface area contributed by atoms with Crippen LogP contribution in [0, 0.1) is 0 Å². The Kier molecular flexibility index (Phi) is 3.36. The molecule has 0 spiro atoms. The third-order valence-corrected chi connectivity index (χ3v) is 3.29. The predicted molar refractivity (Wildman–Crippen MR) is 71.6 cm³/mol. The molecule has 1 aromatic rings. The number of aryl methyl sites for hydroxylation is 1. The highest BCUT2D eigenvalue weighted by atomic mass is 16.4. The van der Waals surface area contributed by atoms with Gasteiger partial charge < -0.3 is 15.1 Å². The first-order chi connectivity index (χ1) is 8.30. The van der Waals surface area contributed by atoms with Crippen molar-refractivity contribution in [2.24, 2.45) is 0 Å². The van der Waals surface area contributed by atoms with Gasteiger partial charge in [-0.05, 0) is 40.5 Å². The zero-order chi connectivity index (χ0) is 13.4. The van der Waals surface area contributed by atoms with Crippen LogP contribution in [0.25, 0.3) is 0 Å². The highest BCUT2D eigenvalue weighted by molar-refractivity contribution is 5.22. The minimum atomic E-state index is 0.118. The molecule has 2 rings (SSSR count). The van der Waals surface area contributed by atoms with Crippen molar-refractivity contribution in [2.45, 2.75) is 71.0 Å². The number of rotatable bonds is 3. The monoisotopic (exact) mass is 252 g/mol. The molecule has 0 amide bonds. The van der Waals surface area contributed by atoms with Gasteiger partial charge in [-0.3, -0.25) is 0 Å². The van der Waals surface area contributed by atoms with Crippen molar-refractivity contribution < 1.29 is 4.42 Å². The molecule has 0 atom stereocenters. The number of nitrogens with one attached hydrogen (secondary N) is 2. The van der Waals surface area contributed by atoms with Gasteiger partial charge in [0, 0.05) is 23.5 Å².